The zero-order chi connectivity index (χ0) is 14.4. The maximum Gasteiger partial charge on any atom is 0.317 e. The number of ether oxygens (including phenoxy) is 1. The Hall–Kier alpha value is -1.39. The minimum absolute atomic E-state index is 0.0378. The molecule has 1 aromatic carbocycles. The highest BCUT2D eigenvalue weighted by atomic mass is 16.5. The molecule has 0 fully saturated rings. The van der Waals surface area contributed by atoms with Crippen LogP contribution in [-0.2, 0) is 16.1 Å². The van der Waals surface area contributed by atoms with Crippen LogP contribution >= 0.6 is 0 Å². The molecule has 1 rings (SSSR count). The lowest BCUT2D eigenvalue weighted by Gasteiger charge is -2.22. The summed E-state index contributed by atoms with van der Waals surface area (Å²) in [6, 6.07) is 4.27. The van der Waals surface area contributed by atoms with Crippen molar-refractivity contribution in [3.63, 3.8) is 0 Å². The Balaban J connectivity index is 2.86. The number of benzene rings is 1. The molecule has 4 heteroatoms. The number of carboxylic acids is 1. The molecule has 0 aliphatic carbocycles. The number of aliphatic carboxylic acids is 1. The van der Waals surface area contributed by atoms with Crippen molar-refractivity contribution in [2.24, 2.45) is 0 Å². The minimum Gasteiger partial charge on any atom is -0.480 e. The third kappa shape index (κ3) is 5.01. The minimum atomic E-state index is -0.807. The van der Waals surface area contributed by atoms with Gasteiger partial charge in [0, 0.05) is 20.2 Å². The smallest absolute Gasteiger partial charge is 0.317 e. The van der Waals surface area contributed by atoms with Gasteiger partial charge in [0.25, 0.3) is 0 Å². The summed E-state index contributed by atoms with van der Waals surface area (Å²) in [4.78, 5) is 12.8. The Kier molecular flexibility index (Phi) is 5.99. The van der Waals surface area contributed by atoms with Crippen molar-refractivity contribution in [3.8, 4) is 0 Å². The zero-order valence-corrected chi connectivity index (χ0v) is 12.2. The van der Waals surface area contributed by atoms with Gasteiger partial charge in [0.1, 0.15) is 0 Å². The van der Waals surface area contributed by atoms with Crippen molar-refractivity contribution < 1.29 is 14.6 Å². The normalized spacial score (nSPS) is 11.0. The van der Waals surface area contributed by atoms with E-state index in [1.54, 1.807) is 7.11 Å². The molecule has 0 amide bonds. The second-order valence-corrected chi connectivity index (χ2v) is 4.97. The second-order valence-electron chi connectivity index (χ2n) is 4.97. The molecular weight excluding hydrogens is 242 g/mol. The molecule has 0 heterocycles. The molecular formula is C15H23NO3. The van der Waals surface area contributed by atoms with Crippen LogP contribution in [0.25, 0.3) is 0 Å². The Bertz CT molecular complexity index is 420. The zero-order valence-electron chi connectivity index (χ0n) is 12.2. The molecule has 1 N–H and O–H groups in total. The van der Waals surface area contributed by atoms with Crippen LogP contribution in [0.15, 0.2) is 12.1 Å². The van der Waals surface area contributed by atoms with E-state index in [0.29, 0.717) is 19.7 Å². The lowest BCUT2D eigenvalue weighted by Crippen LogP contribution is -2.32. The fraction of sp³-hybridized carbons (Fsp3) is 0.533. The highest BCUT2D eigenvalue weighted by Gasteiger charge is 2.13. The molecule has 0 bridgehead atoms. The van der Waals surface area contributed by atoms with Gasteiger partial charge in [-0.15, -0.1) is 0 Å². The van der Waals surface area contributed by atoms with Crippen molar-refractivity contribution >= 4 is 5.97 Å². The van der Waals surface area contributed by atoms with Crippen LogP contribution in [0.2, 0.25) is 0 Å². The van der Waals surface area contributed by atoms with E-state index in [1.807, 2.05) is 4.90 Å². The SMILES string of the molecule is COCCN(CC(=O)O)Cc1c(C)cc(C)cc1C. The van der Waals surface area contributed by atoms with E-state index in [4.69, 9.17) is 9.84 Å². The highest BCUT2D eigenvalue weighted by molar-refractivity contribution is 5.69. The number of aryl methyl sites for hydroxylation is 3. The summed E-state index contributed by atoms with van der Waals surface area (Å²) in [6.07, 6.45) is 0. The van der Waals surface area contributed by atoms with Gasteiger partial charge in [-0.25, -0.2) is 0 Å². The molecule has 0 spiro atoms. The predicted octanol–water partition coefficient (Wildman–Crippen LogP) is 2.14. The quantitative estimate of drug-likeness (QED) is 0.820. The molecule has 19 heavy (non-hydrogen) atoms. The van der Waals surface area contributed by atoms with Gasteiger partial charge < -0.3 is 9.84 Å². The predicted molar refractivity (Wildman–Crippen MR) is 75.4 cm³/mol. The maximum absolute atomic E-state index is 10.9. The number of rotatable bonds is 7. The molecule has 0 radical (unpaired) electrons. The topological polar surface area (TPSA) is 49.8 Å². The van der Waals surface area contributed by atoms with E-state index in [-0.39, 0.29) is 6.54 Å². The summed E-state index contributed by atoms with van der Waals surface area (Å²) in [5.74, 6) is -0.807. The van der Waals surface area contributed by atoms with Gasteiger partial charge in [-0.05, 0) is 37.5 Å². The number of hydrogen-bond donors (Lipinski definition) is 1. The second kappa shape index (κ2) is 7.26. The summed E-state index contributed by atoms with van der Waals surface area (Å²) in [7, 11) is 1.63. The average Bonchev–Trinajstić information content (AvgIpc) is 2.29. The Morgan fingerprint density at radius 1 is 1.26 bits per heavy atom. The van der Waals surface area contributed by atoms with E-state index in [2.05, 4.69) is 32.9 Å². The van der Waals surface area contributed by atoms with E-state index >= 15 is 0 Å². The van der Waals surface area contributed by atoms with Gasteiger partial charge in [0.05, 0.1) is 13.2 Å². The van der Waals surface area contributed by atoms with Gasteiger partial charge in [-0.3, -0.25) is 9.69 Å². The van der Waals surface area contributed by atoms with Gasteiger partial charge in [-0.2, -0.15) is 0 Å². The van der Waals surface area contributed by atoms with Crippen molar-refractivity contribution in [1.29, 1.82) is 0 Å². The fourth-order valence-electron chi connectivity index (χ4n) is 2.31. The number of carboxylic acid groups (broad SMARTS) is 1. The van der Waals surface area contributed by atoms with Crippen LogP contribution in [0.4, 0.5) is 0 Å². The molecule has 0 aliphatic rings. The first-order valence-corrected chi connectivity index (χ1v) is 6.44. The number of nitrogens with zero attached hydrogens (tertiary/aromatic N) is 1. The first kappa shape index (κ1) is 15.7. The van der Waals surface area contributed by atoms with Gasteiger partial charge >= 0.3 is 5.97 Å². The number of hydrogen-bond acceptors (Lipinski definition) is 3. The fourth-order valence-corrected chi connectivity index (χ4v) is 2.31. The Morgan fingerprint density at radius 3 is 2.32 bits per heavy atom. The molecule has 4 nitrogen and oxygen atoms in total. The largest absolute Gasteiger partial charge is 0.480 e. The Labute approximate surface area is 115 Å². The summed E-state index contributed by atoms with van der Waals surface area (Å²) in [5.41, 5.74) is 4.87. The van der Waals surface area contributed by atoms with Crippen molar-refractivity contribution in [2.75, 3.05) is 26.8 Å². The lowest BCUT2D eigenvalue weighted by atomic mass is 9.99. The molecule has 0 aliphatic heterocycles. The molecule has 106 valence electrons. The molecule has 0 atom stereocenters. The van der Waals surface area contributed by atoms with Gasteiger partial charge in [0.2, 0.25) is 0 Å². The maximum atomic E-state index is 10.9. The molecule has 0 aromatic heterocycles. The van der Waals surface area contributed by atoms with E-state index in [9.17, 15) is 4.79 Å². The first-order valence-electron chi connectivity index (χ1n) is 6.44. The molecule has 0 saturated carbocycles. The van der Waals surface area contributed by atoms with Crippen LogP contribution in [0.5, 0.6) is 0 Å². The van der Waals surface area contributed by atoms with E-state index in [1.165, 1.54) is 22.3 Å². The van der Waals surface area contributed by atoms with E-state index < -0.39 is 5.97 Å². The number of carbonyl (C=O) groups is 1. The number of methoxy groups -OCH3 is 1. The molecule has 0 saturated heterocycles. The standard InChI is InChI=1S/C15H23NO3/c1-11-7-12(2)14(13(3)8-11)9-16(5-6-19-4)10-15(17)18/h7-8H,5-6,9-10H2,1-4H3,(H,17,18). The van der Waals surface area contributed by atoms with Crippen LogP contribution in [0.3, 0.4) is 0 Å². The Morgan fingerprint density at radius 2 is 1.84 bits per heavy atom. The van der Waals surface area contributed by atoms with Crippen LogP contribution in [-0.4, -0.2) is 42.8 Å². The first-order chi connectivity index (χ1) is 8.93. The third-order valence-corrected chi connectivity index (χ3v) is 3.19. The summed E-state index contributed by atoms with van der Waals surface area (Å²) < 4.78 is 5.04. The van der Waals surface area contributed by atoms with Crippen molar-refractivity contribution in [1.82, 2.24) is 4.90 Å². The van der Waals surface area contributed by atoms with Crippen molar-refractivity contribution in [3.05, 3.63) is 34.4 Å². The van der Waals surface area contributed by atoms with Crippen LogP contribution in [0.1, 0.15) is 22.3 Å². The van der Waals surface area contributed by atoms with Gasteiger partial charge in [0.15, 0.2) is 0 Å². The van der Waals surface area contributed by atoms with Crippen LogP contribution < -0.4 is 0 Å². The summed E-state index contributed by atoms with van der Waals surface area (Å²) >= 11 is 0. The summed E-state index contributed by atoms with van der Waals surface area (Å²) in [5, 5.41) is 8.96. The molecule has 0 unspecified atom stereocenters. The lowest BCUT2D eigenvalue weighted by molar-refractivity contribution is -0.138. The average molecular weight is 265 g/mol. The molecule has 1 aromatic rings. The highest BCUT2D eigenvalue weighted by Crippen LogP contribution is 2.18. The third-order valence-electron chi connectivity index (χ3n) is 3.19. The summed E-state index contributed by atoms with van der Waals surface area (Å²) in [6.45, 7) is 8.06. The van der Waals surface area contributed by atoms with Crippen LogP contribution in [0, 0.1) is 20.8 Å². The van der Waals surface area contributed by atoms with Crippen molar-refractivity contribution in [2.45, 2.75) is 27.3 Å². The monoisotopic (exact) mass is 265 g/mol. The van der Waals surface area contributed by atoms with Gasteiger partial charge in [-0.1, -0.05) is 17.7 Å². The van der Waals surface area contributed by atoms with E-state index in [0.717, 1.165) is 0 Å².